The van der Waals surface area contributed by atoms with Crippen LogP contribution in [0.3, 0.4) is 0 Å². The zero-order valence-corrected chi connectivity index (χ0v) is 13.1. The number of rotatable bonds is 1. The Hall–Kier alpha value is -1.51. The van der Waals surface area contributed by atoms with E-state index in [0.717, 1.165) is 22.4 Å². The fourth-order valence-electron chi connectivity index (χ4n) is 2.06. The minimum atomic E-state index is -0.130. The smallest absolute Gasteiger partial charge is 0.123 e. The minimum Gasteiger partial charge on any atom is -0.507 e. The second-order valence-electron chi connectivity index (χ2n) is 7.13. The lowest BCUT2D eigenvalue weighted by atomic mass is 9.78. The van der Waals surface area contributed by atoms with E-state index in [-0.39, 0.29) is 10.8 Å². The second kappa shape index (κ2) is 4.87. The SMILES string of the molecule is C/C(=N/N)c1cc(C(C)(C)C)c(O)c(C(C)(C)C)c1. The molecular weight excluding hydrogens is 236 g/mol. The summed E-state index contributed by atoms with van der Waals surface area (Å²) in [7, 11) is 0. The Balaban J connectivity index is 3.67. The van der Waals surface area contributed by atoms with Gasteiger partial charge in [0.2, 0.25) is 0 Å². The second-order valence-corrected chi connectivity index (χ2v) is 7.13. The Morgan fingerprint density at radius 3 is 1.63 bits per heavy atom. The molecule has 0 fully saturated rings. The van der Waals surface area contributed by atoms with Crippen LogP contribution in [0.4, 0.5) is 0 Å². The molecule has 0 saturated heterocycles. The molecule has 1 rings (SSSR count). The van der Waals surface area contributed by atoms with Crippen LogP contribution < -0.4 is 5.84 Å². The van der Waals surface area contributed by atoms with Crippen LogP contribution >= 0.6 is 0 Å². The highest BCUT2D eigenvalue weighted by Gasteiger charge is 2.26. The molecule has 0 aromatic heterocycles. The van der Waals surface area contributed by atoms with Gasteiger partial charge in [-0.3, -0.25) is 0 Å². The molecule has 0 spiro atoms. The third-order valence-electron chi connectivity index (χ3n) is 3.34. The number of nitrogens with zero attached hydrogens (tertiary/aromatic N) is 1. The Labute approximate surface area is 116 Å². The molecular formula is C16H26N2O. The maximum Gasteiger partial charge on any atom is 0.123 e. The van der Waals surface area contributed by atoms with Crippen molar-refractivity contribution in [3.05, 3.63) is 28.8 Å². The molecule has 0 aliphatic rings. The predicted octanol–water partition coefficient (Wildman–Crippen LogP) is 3.67. The number of aromatic hydroxyl groups is 1. The molecule has 0 aliphatic heterocycles. The van der Waals surface area contributed by atoms with E-state index >= 15 is 0 Å². The van der Waals surface area contributed by atoms with Crippen molar-refractivity contribution in [2.24, 2.45) is 10.9 Å². The quantitative estimate of drug-likeness (QED) is 0.461. The van der Waals surface area contributed by atoms with E-state index in [1.54, 1.807) is 0 Å². The van der Waals surface area contributed by atoms with E-state index in [9.17, 15) is 5.11 Å². The summed E-state index contributed by atoms with van der Waals surface area (Å²) in [4.78, 5) is 0. The van der Waals surface area contributed by atoms with Gasteiger partial charge in [-0.25, -0.2) is 0 Å². The van der Waals surface area contributed by atoms with Crippen molar-refractivity contribution >= 4 is 5.71 Å². The molecule has 0 saturated carbocycles. The first-order valence-corrected chi connectivity index (χ1v) is 6.61. The van der Waals surface area contributed by atoms with Gasteiger partial charge in [0.1, 0.15) is 5.75 Å². The third kappa shape index (κ3) is 3.28. The van der Waals surface area contributed by atoms with Crippen LogP contribution in [-0.2, 0) is 10.8 Å². The first kappa shape index (κ1) is 15.5. The van der Waals surface area contributed by atoms with E-state index in [1.165, 1.54) is 0 Å². The van der Waals surface area contributed by atoms with Crippen LogP contribution in [0.2, 0.25) is 0 Å². The molecule has 0 bridgehead atoms. The number of benzene rings is 1. The number of hydrogen-bond acceptors (Lipinski definition) is 3. The fraction of sp³-hybridized carbons (Fsp3) is 0.562. The molecule has 0 aliphatic carbocycles. The average Bonchev–Trinajstić information content (AvgIpc) is 2.25. The Morgan fingerprint density at radius 2 is 1.37 bits per heavy atom. The highest BCUT2D eigenvalue weighted by molar-refractivity contribution is 5.99. The van der Waals surface area contributed by atoms with E-state index in [4.69, 9.17) is 5.84 Å². The third-order valence-corrected chi connectivity index (χ3v) is 3.34. The highest BCUT2D eigenvalue weighted by Crippen LogP contribution is 2.39. The summed E-state index contributed by atoms with van der Waals surface area (Å²) in [5.74, 6) is 5.77. The largest absolute Gasteiger partial charge is 0.507 e. The summed E-state index contributed by atoms with van der Waals surface area (Å²) in [6.45, 7) is 14.4. The molecule has 19 heavy (non-hydrogen) atoms. The predicted molar refractivity (Wildman–Crippen MR) is 81.9 cm³/mol. The summed E-state index contributed by atoms with van der Waals surface area (Å²) < 4.78 is 0. The molecule has 3 N–H and O–H groups in total. The molecule has 0 amide bonds. The molecule has 0 heterocycles. The fourth-order valence-corrected chi connectivity index (χ4v) is 2.06. The van der Waals surface area contributed by atoms with E-state index in [2.05, 4.69) is 46.6 Å². The zero-order valence-electron chi connectivity index (χ0n) is 13.1. The first-order valence-electron chi connectivity index (χ1n) is 6.61. The maximum atomic E-state index is 10.6. The first-order chi connectivity index (χ1) is 8.48. The van der Waals surface area contributed by atoms with Gasteiger partial charge in [0.15, 0.2) is 0 Å². The van der Waals surface area contributed by atoms with Crippen molar-refractivity contribution in [2.45, 2.75) is 59.3 Å². The van der Waals surface area contributed by atoms with Crippen molar-refractivity contribution in [2.75, 3.05) is 0 Å². The van der Waals surface area contributed by atoms with Crippen LogP contribution in [0, 0.1) is 0 Å². The monoisotopic (exact) mass is 262 g/mol. The standard InChI is InChI=1S/C16H26N2O/c1-10(18-17)11-8-12(15(2,3)4)14(19)13(9-11)16(5,6)7/h8-9,19H,17H2,1-7H3/b18-10-. The van der Waals surface area contributed by atoms with Crippen LogP contribution in [0.5, 0.6) is 5.75 Å². The van der Waals surface area contributed by atoms with Crippen molar-refractivity contribution in [3.63, 3.8) is 0 Å². The van der Waals surface area contributed by atoms with Gasteiger partial charge in [0.25, 0.3) is 0 Å². The topological polar surface area (TPSA) is 58.6 Å². The summed E-state index contributed by atoms with van der Waals surface area (Å²) in [5.41, 5.74) is 3.34. The number of hydrazone groups is 1. The average molecular weight is 262 g/mol. The molecule has 1 aromatic rings. The molecule has 0 atom stereocenters. The summed E-state index contributed by atoms with van der Waals surface area (Å²) in [6, 6.07) is 3.96. The molecule has 3 heteroatoms. The Morgan fingerprint density at radius 1 is 1.00 bits per heavy atom. The molecule has 1 aromatic carbocycles. The normalized spacial score (nSPS) is 13.7. The molecule has 106 valence electrons. The Bertz CT molecular complexity index is 467. The lowest BCUT2D eigenvalue weighted by molar-refractivity contribution is 0.423. The lowest BCUT2D eigenvalue weighted by Crippen LogP contribution is -2.18. The van der Waals surface area contributed by atoms with Crippen LogP contribution in [0.15, 0.2) is 17.2 Å². The van der Waals surface area contributed by atoms with Crippen LogP contribution in [0.25, 0.3) is 0 Å². The van der Waals surface area contributed by atoms with Gasteiger partial charge in [0.05, 0.1) is 5.71 Å². The molecule has 0 radical (unpaired) electrons. The van der Waals surface area contributed by atoms with Gasteiger partial charge in [-0.05, 0) is 35.4 Å². The van der Waals surface area contributed by atoms with Gasteiger partial charge >= 0.3 is 0 Å². The van der Waals surface area contributed by atoms with Gasteiger partial charge in [-0.1, -0.05) is 41.5 Å². The van der Waals surface area contributed by atoms with Gasteiger partial charge in [-0.2, -0.15) is 5.10 Å². The highest BCUT2D eigenvalue weighted by atomic mass is 16.3. The van der Waals surface area contributed by atoms with Gasteiger partial charge in [-0.15, -0.1) is 0 Å². The van der Waals surface area contributed by atoms with Gasteiger partial charge < -0.3 is 10.9 Å². The number of phenols is 1. The number of phenolic OH excluding ortho intramolecular Hbond substituents is 1. The molecule has 0 unspecified atom stereocenters. The van der Waals surface area contributed by atoms with Crippen molar-refractivity contribution < 1.29 is 5.11 Å². The van der Waals surface area contributed by atoms with Crippen LogP contribution in [-0.4, -0.2) is 10.8 Å². The summed E-state index contributed by atoms with van der Waals surface area (Å²) in [6.07, 6.45) is 0. The minimum absolute atomic E-state index is 0.130. The number of nitrogens with two attached hydrogens (primary N) is 1. The van der Waals surface area contributed by atoms with E-state index in [0.29, 0.717) is 5.75 Å². The van der Waals surface area contributed by atoms with E-state index < -0.39 is 0 Å². The van der Waals surface area contributed by atoms with Crippen molar-refractivity contribution in [1.82, 2.24) is 0 Å². The van der Waals surface area contributed by atoms with Crippen molar-refractivity contribution in [1.29, 1.82) is 0 Å². The summed E-state index contributed by atoms with van der Waals surface area (Å²) in [5, 5.41) is 14.3. The maximum absolute atomic E-state index is 10.6. The lowest BCUT2D eigenvalue weighted by Gasteiger charge is -2.28. The van der Waals surface area contributed by atoms with Gasteiger partial charge in [0, 0.05) is 11.1 Å². The van der Waals surface area contributed by atoms with Crippen LogP contribution in [0.1, 0.15) is 65.2 Å². The summed E-state index contributed by atoms with van der Waals surface area (Å²) >= 11 is 0. The Kier molecular flexibility index (Phi) is 3.99. The molecule has 3 nitrogen and oxygen atoms in total. The van der Waals surface area contributed by atoms with Crippen molar-refractivity contribution in [3.8, 4) is 5.75 Å². The number of hydrogen-bond donors (Lipinski definition) is 2. The van der Waals surface area contributed by atoms with E-state index in [1.807, 2.05) is 19.1 Å². The zero-order chi connectivity index (χ0) is 15.0.